The molecule has 0 spiro atoms. The quantitative estimate of drug-likeness (QED) is 0.547. The van der Waals surface area contributed by atoms with Gasteiger partial charge in [-0.25, -0.2) is 0 Å². The molecule has 7 nitrogen and oxygen atoms in total. The van der Waals surface area contributed by atoms with Gasteiger partial charge in [-0.15, -0.1) is 0 Å². The predicted molar refractivity (Wildman–Crippen MR) is 61.2 cm³/mol. The second-order valence-corrected chi connectivity index (χ2v) is 4.18. The van der Waals surface area contributed by atoms with Crippen LogP contribution in [0.2, 0.25) is 0 Å². The lowest BCUT2D eigenvalue weighted by molar-refractivity contribution is -0.894. The number of ether oxygens (including phenoxy) is 2. The Balaban J connectivity index is 0.00000162. The van der Waals surface area contributed by atoms with Crippen LogP contribution in [0.5, 0.6) is 0 Å². The number of allylic oxidation sites excluding steroid dienone is 1. The van der Waals surface area contributed by atoms with Gasteiger partial charge in [0.15, 0.2) is 0 Å². The van der Waals surface area contributed by atoms with E-state index in [0.29, 0.717) is 10.2 Å². The smallest absolute Gasteiger partial charge is 0.294 e. The highest BCUT2D eigenvalue weighted by Crippen LogP contribution is 2.24. The zero-order valence-electron chi connectivity index (χ0n) is 10.9. The molecule has 2 aliphatic rings. The first-order valence-corrected chi connectivity index (χ1v) is 5.55. The molecule has 0 saturated carbocycles. The zero-order valence-corrected chi connectivity index (χ0v) is 11.6. The van der Waals surface area contributed by atoms with E-state index in [2.05, 4.69) is 17.7 Å². The van der Waals surface area contributed by atoms with Gasteiger partial charge in [0.1, 0.15) is 13.1 Å². The van der Waals surface area contributed by atoms with Crippen molar-refractivity contribution in [1.82, 2.24) is 10.7 Å². The van der Waals surface area contributed by atoms with E-state index in [-0.39, 0.29) is 12.4 Å². The Kier molecular flexibility index (Phi) is 5.21. The van der Waals surface area contributed by atoms with Crippen molar-refractivity contribution in [2.45, 2.75) is 0 Å². The number of hydrogen-bond acceptors (Lipinski definition) is 6. The van der Waals surface area contributed by atoms with E-state index in [1.807, 2.05) is 0 Å². The number of rotatable bonds is 3. The monoisotopic (exact) mass is 278 g/mol. The summed E-state index contributed by atoms with van der Waals surface area (Å²) in [6, 6.07) is 0. The minimum atomic E-state index is 0. The molecule has 2 aliphatic heterocycles. The van der Waals surface area contributed by atoms with E-state index in [4.69, 9.17) is 14.3 Å². The molecule has 2 heterocycles. The number of hydrazine groups is 1. The Bertz CT molecular complexity index is 342. The van der Waals surface area contributed by atoms with Crippen LogP contribution < -0.4 is 17.9 Å². The lowest BCUT2D eigenvalue weighted by Crippen LogP contribution is -3.00. The first-order valence-electron chi connectivity index (χ1n) is 5.55. The van der Waals surface area contributed by atoms with Crippen LogP contribution in [0.3, 0.4) is 0 Å². The molecule has 2 rings (SSSR count). The summed E-state index contributed by atoms with van der Waals surface area (Å²) in [6.07, 6.45) is 1.66. The molecular formula is C10H19ClN4O3. The molecule has 1 saturated heterocycles. The van der Waals surface area contributed by atoms with Crippen LogP contribution in [0, 0.1) is 0 Å². The lowest BCUT2D eigenvalue weighted by atomic mass is 10.3. The van der Waals surface area contributed by atoms with Crippen LogP contribution in [0.15, 0.2) is 16.7 Å². The van der Waals surface area contributed by atoms with Crippen molar-refractivity contribution < 1.29 is 31.2 Å². The fourth-order valence-corrected chi connectivity index (χ4v) is 2.06. The number of methoxy groups -OCH3 is 1. The van der Waals surface area contributed by atoms with Crippen LogP contribution in [-0.4, -0.2) is 63.4 Å². The number of morpholine rings is 1. The van der Waals surface area contributed by atoms with Gasteiger partial charge in [-0.3, -0.25) is 9.32 Å². The van der Waals surface area contributed by atoms with Crippen LogP contribution in [0.1, 0.15) is 0 Å². The van der Waals surface area contributed by atoms with Gasteiger partial charge < -0.3 is 21.9 Å². The highest BCUT2D eigenvalue weighted by atomic mass is 35.5. The van der Waals surface area contributed by atoms with Crippen molar-refractivity contribution >= 4 is 6.21 Å². The van der Waals surface area contributed by atoms with Gasteiger partial charge in [-0.1, -0.05) is 5.17 Å². The van der Waals surface area contributed by atoms with Crippen molar-refractivity contribution in [2.24, 2.45) is 5.10 Å². The van der Waals surface area contributed by atoms with Gasteiger partial charge >= 0.3 is 0 Å². The third kappa shape index (κ3) is 2.69. The van der Waals surface area contributed by atoms with Crippen LogP contribution in [-0.2, 0) is 14.3 Å². The Morgan fingerprint density at radius 2 is 2.06 bits per heavy atom. The molecule has 0 unspecified atom stereocenters. The standard InChI is InChI=1S/C10H19N4O3.ClH/c1-14(4-6-17-7-5-14)10-9(15-2)8-11-12-13(10)16-3;/h8,12H,4-7H2,1-3H3;1H/q+1;/p-1. The van der Waals surface area contributed by atoms with E-state index in [1.54, 1.807) is 20.4 Å². The molecule has 8 heteroatoms. The average molecular weight is 279 g/mol. The molecule has 0 aromatic heterocycles. The first-order chi connectivity index (χ1) is 8.21. The summed E-state index contributed by atoms with van der Waals surface area (Å²) < 4.78 is 11.5. The summed E-state index contributed by atoms with van der Waals surface area (Å²) in [5.74, 6) is 1.61. The van der Waals surface area contributed by atoms with Crippen LogP contribution in [0.4, 0.5) is 0 Å². The normalized spacial score (nSPS) is 22.3. The molecule has 0 aromatic rings. The van der Waals surface area contributed by atoms with E-state index >= 15 is 0 Å². The fraction of sp³-hybridized carbons (Fsp3) is 0.700. The molecule has 0 atom stereocenters. The van der Waals surface area contributed by atoms with Gasteiger partial charge in [0, 0.05) is 0 Å². The molecular weight excluding hydrogens is 260 g/mol. The SMILES string of the molecule is COC1=C([N+]2(C)CCOCC2)N(OC)NN=C1.[Cl-]. The number of hydrogen-bond donors (Lipinski definition) is 1. The highest BCUT2D eigenvalue weighted by molar-refractivity contribution is 5.76. The molecule has 1 N–H and O–H groups in total. The van der Waals surface area contributed by atoms with Gasteiger partial charge in [-0.2, -0.15) is 10.6 Å². The Morgan fingerprint density at radius 3 is 2.61 bits per heavy atom. The number of nitrogens with zero attached hydrogens (tertiary/aromatic N) is 3. The summed E-state index contributed by atoms with van der Waals surface area (Å²) in [7, 11) is 5.35. The van der Waals surface area contributed by atoms with Crippen molar-refractivity contribution in [2.75, 3.05) is 47.6 Å². The van der Waals surface area contributed by atoms with E-state index in [0.717, 1.165) is 32.1 Å². The molecule has 0 bridgehead atoms. The summed E-state index contributed by atoms with van der Waals surface area (Å²) in [4.78, 5) is 5.27. The number of likely N-dealkylation sites (N-methyl/N-ethyl adjacent to an activating group) is 1. The zero-order chi connectivity index (χ0) is 12.3. The molecule has 1 fully saturated rings. The van der Waals surface area contributed by atoms with Gasteiger partial charge in [0.2, 0.25) is 5.76 Å². The summed E-state index contributed by atoms with van der Waals surface area (Å²) in [6.45, 7) is 3.20. The summed E-state index contributed by atoms with van der Waals surface area (Å²) in [5.41, 5.74) is 2.79. The topological polar surface area (TPSA) is 55.3 Å². The minimum absolute atomic E-state index is 0. The van der Waals surface area contributed by atoms with Crippen LogP contribution in [0.25, 0.3) is 0 Å². The third-order valence-electron chi connectivity index (χ3n) is 3.12. The van der Waals surface area contributed by atoms with Crippen molar-refractivity contribution in [3.05, 3.63) is 11.6 Å². The largest absolute Gasteiger partial charge is 1.00 e. The van der Waals surface area contributed by atoms with E-state index < -0.39 is 0 Å². The van der Waals surface area contributed by atoms with Crippen molar-refractivity contribution in [1.29, 1.82) is 0 Å². The van der Waals surface area contributed by atoms with Crippen molar-refractivity contribution in [3.8, 4) is 0 Å². The maximum Gasteiger partial charge on any atom is 0.294 e. The van der Waals surface area contributed by atoms with E-state index in [9.17, 15) is 0 Å². The second-order valence-electron chi connectivity index (χ2n) is 4.18. The number of hydroxylamine groups is 1. The lowest BCUT2D eigenvalue weighted by Gasteiger charge is -2.41. The van der Waals surface area contributed by atoms with Gasteiger partial charge in [-0.05, 0) is 0 Å². The minimum Gasteiger partial charge on any atom is -1.00 e. The fourth-order valence-electron chi connectivity index (χ4n) is 2.06. The number of quaternary nitrogens is 1. The Labute approximate surface area is 113 Å². The molecule has 0 aliphatic carbocycles. The molecule has 0 amide bonds. The predicted octanol–water partition coefficient (Wildman–Crippen LogP) is -3.35. The van der Waals surface area contributed by atoms with Crippen molar-refractivity contribution in [3.63, 3.8) is 0 Å². The van der Waals surface area contributed by atoms with Gasteiger partial charge in [0.05, 0.1) is 40.7 Å². The number of nitrogens with one attached hydrogen (secondary N) is 1. The Morgan fingerprint density at radius 1 is 1.39 bits per heavy atom. The van der Waals surface area contributed by atoms with Crippen LogP contribution >= 0.6 is 0 Å². The summed E-state index contributed by atoms with van der Waals surface area (Å²) in [5, 5.41) is 5.49. The van der Waals surface area contributed by atoms with E-state index in [1.165, 1.54) is 5.17 Å². The van der Waals surface area contributed by atoms with Gasteiger partial charge in [0.25, 0.3) is 5.82 Å². The Hall–Kier alpha value is -1.02. The summed E-state index contributed by atoms with van der Waals surface area (Å²) >= 11 is 0. The average Bonchev–Trinajstić information content (AvgIpc) is 2.38. The number of halogens is 1. The third-order valence-corrected chi connectivity index (χ3v) is 3.12. The highest BCUT2D eigenvalue weighted by Gasteiger charge is 2.39. The molecule has 0 radical (unpaired) electrons. The first kappa shape index (κ1) is 15.0. The maximum absolute atomic E-state index is 5.40. The number of hydrazone groups is 1. The molecule has 18 heavy (non-hydrogen) atoms. The second kappa shape index (κ2) is 6.24. The molecule has 0 aromatic carbocycles. The maximum atomic E-state index is 5.40. The molecule has 104 valence electrons.